The molecule has 2 heterocycles. The summed E-state index contributed by atoms with van der Waals surface area (Å²) < 4.78 is 12.6. The monoisotopic (exact) mass is 485 g/mol. The molecule has 0 unspecified atom stereocenters. The molecule has 0 aliphatic carbocycles. The third-order valence-corrected chi connectivity index (χ3v) is 6.62. The number of hydrogen-bond donors (Lipinski definition) is 1. The molecule has 0 fully saturated rings. The van der Waals surface area contributed by atoms with Gasteiger partial charge in [0.2, 0.25) is 11.5 Å². The quantitative estimate of drug-likeness (QED) is 0.253. The number of rotatable bonds is 6. The number of ether oxygens (including phenoxy) is 1. The van der Waals surface area contributed by atoms with Gasteiger partial charge in [-0.25, -0.2) is 4.98 Å². The van der Waals surface area contributed by atoms with Crippen LogP contribution in [0.2, 0.25) is 0 Å². The Bertz CT molecular complexity index is 1620. The molecule has 2 aromatic heterocycles. The summed E-state index contributed by atoms with van der Waals surface area (Å²) in [6, 6.07) is 20.3. The van der Waals surface area contributed by atoms with Crippen LogP contribution in [0.25, 0.3) is 27.8 Å². The first-order chi connectivity index (χ1) is 16.9. The third kappa shape index (κ3) is 4.40. The van der Waals surface area contributed by atoms with Gasteiger partial charge in [-0.15, -0.1) is 0 Å². The highest BCUT2D eigenvalue weighted by molar-refractivity contribution is 7.99. The van der Waals surface area contributed by atoms with Crippen molar-refractivity contribution < 1.29 is 13.9 Å². The van der Waals surface area contributed by atoms with Crippen LogP contribution in [0.5, 0.6) is 5.75 Å². The molecule has 0 saturated carbocycles. The van der Waals surface area contributed by atoms with Crippen molar-refractivity contribution >= 4 is 45.4 Å². The highest BCUT2D eigenvalue weighted by atomic mass is 32.2. The number of thioether (sulfide) groups is 1. The fourth-order valence-corrected chi connectivity index (χ4v) is 4.75. The van der Waals surface area contributed by atoms with Gasteiger partial charge in [-0.1, -0.05) is 41.6 Å². The Morgan fingerprint density at radius 2 is 1.86 bits per heavy atom. The van der Waals surface area contributed by atoms with E-state index in [1.54, 1.807) is 37.4 Å². The Balaban J connectivity index is 1.54. The van der Waals surface area contributed by atoms with E-state index in [-0.39, 0.29) is 22.8 Å². The zero-order valence-electron chi connectivity index (χ0n) is 19.5. The molecule has 1 N–H and O–H groups in total. The number of aryl methyl sites for hydroxylation is 2. The number of para-hydroxylation sites is 1. The summed E-state index contributed by atoms with van der Waals surface area (Å²) in [6.07, 6.45) is 0. The van der Waals surface area contributed by atoms with E-state index in [2.05, 4.69) is 5.32 Å². The van der Waals surface area contributed by atoms with Crippen molar-refractivity contribution in [1.29, 1.82) is 0 Å². The van der Waals surface area contributed by atoms with Gasteiger partial charge in [0, 0.05) is 11.1 Å². The van der Waals surface area contributed by atoms with Crippen LogP contribution in [-0.4, -0.2) is 28.3 Å². The molecule has 1 amide bonds. The van der Waals surface area contributed by atoms with Gasteiger partial charge in [-0.3, -0.25) is 14.2 Å². The second-order valence-electron chi connectivity index (χ2n) is 8.16. The summed E-state index contributed by atoms with van der Waals surface area (Å²) in [5, 5.41) is 4.10. The number of carbonyl (C=O) groups is 1. The highest BCUT2D eigenvalue weighted by Gasteiger charge is 2.20. The molecule has 3 aromatic carbocycles. The van der Waals surface area contributed by atoms with E-state index in [9.17, 15) is 9.59 Å². The lowest BCUT2D eigenvalue weighted by molar-refractivity contribution is -0.113. The fraction of sp³-hybridized carbons (Fsp3) is 0.148. The molecule has 5 aromatic rings. The van der Waals surface area contributed by atoms with Crippen molar-refractivity contribution in [3.63, 3.8) is 0 Å². The number of nitrogens with one attached hydrogen (secondary N) is 1. The number of carbonyl (C=O) groups excluding carboxylic acids is 1. The van der Waals surface area contributed by atoms with Crippen LogP contribution in [-0.2, 0) is 4.79 Å². The van der Waals surface area contributed by atoms with Gasteiger partial charge < -0.3 is 14.5 Å². The summed E-state index contributed by atoms with van der Waals surface area (Å²) in [5.74, 6) is 0.563. The number of amides is 1. The highest BCUT2D eigenvalue weighted by Crippen LogP contribution is 2.29. The van der Waals surface area contributed by atoms with Gasteiger partial charge in [0.25, 0.3) is 0 Å². The van der Waals surface area contributed by atoms with Gasteiger partial charge in [0.15, 0.2) is 5.16 Å². The minimum absolute atomic E-state index is 0.0806. The number of hydrogen-bond acceptors (Lipinski definition) is 6. The summed E-state index contributed by atoms with van der Waals surface area (Å²) >= 11 is 1.20. The first-order valence-corrected chi connectivity index (χ1v) is 12.0. The van der Waals surface area contributed by atoms with Gasteiger partial charge in [0.05, 0.1) is 18.6 Å². The van der Waals surface area contributed by atoms with Gasteiger partial charge in [-0.05, 0) is 61.9 Å². The topological polar surface area (TPSA) is 86.4 Å². The molecule has 0 bridgehead atoms. The van der Waals surface area contributed by atoms with Crippen molar-refractivity contribution in [2.75, 3.05) is 18.2 Å². The van der Waals surface area contributed by atoms with Crippen molar-refractivity contribution in [2.45, 2.75) is 19.0 Å². The normalized spacial score (nSPS) is 11.2. The van der Waals surface area contributed by atoms with E-state index in [1.165, 1.54) is 16.3 Å². The SMILES string of the molecule is COc1ccc(-n2c(SCC(=O)Nc3ccc(C)cc3C)nc3c(oc4ccccc43)c2=O)cc1. The molecule has 0 aliphatic rings. The van der Waals surface area contributed by atoms with E-state index in [0.29, 0.717) is 27.7 Å². The van der Waals surface area contributed by atoms with E-state index >= 15 is 0 Å². The van der Waals surface area contributed by atoms with Crippen LogP contribution < -0.4 is 15.6 Å². The number of methoxy groups -OCH3 is 1. The largest absolute Gasteiger partial charge is 0.497 e. The maximum atomic E-state index is 13.6. The van der Waals surface area contributed by atoms with E-state index in [4.69, 9.17) is 14.1 Å². The first-order valence-electron chi connectivity index (χ1n) is 11.0. The molecule has 0 spiro atoms. The Morgan fingerprint density at radius 1 is 1.09 bits per heavy atom. The van der Waals surface area contributed by atoms with Crippen LogP contribution in [0.4, 0.5) is 5.69 Å². The van der Waals surface area contributed by atoms with Crippen LogP contribution >= 0.6 is 11.8 Å². The molecule has 8 heteroatoms. The Kier molecular flexibility index (Phi) is 6.05. The lowest BCUT2D eigenvalue weighted by atomic mass is 10.1. The van der Waals surface area contributed by atoms with Gasteiger partial charge >= 0.3 is 5.56 Å². The Hall–Kier alpha value is -4.04. The predicted molar refractivity (Wildman–Crippen MR) is 139 cm³/mol. The lowest BCUT2D eigenvalue weighted by Crippen LogP contribution is -2.22. The first kappa shape index (κ1) is 22.7. The van der Waals surface area contributed by atoms with E-state index in [1.807, 2.05) is 50.2 Å². The summed E-state index contributed by atoms with van der Waals surface area (Å²) in [6.45, 7) is 3.96. The van der Waals surface area contributed by atoms with Gasteiger partial charge in [-0.2, -0.15) is 0 Å². The second kappa shape index (κ2) is 9.31. The molecule has 176 valence electrons. The maximum Gasteiger partial charge on any atom is 0.302 e. The molecule has 0 saturated heterocycles. The average Bonchev–Trinajstić information content (AvgIpc) is 3.24. The number of benzene rings is 3. The number of nitrogens with zero attached hydrogens (tertiary/aromatic N) is 2. The molecule has 0 aliphatic heterocycles. The number of fused-ring (bicyclic) bond motifs is 3. The van der Waals surface area contributed by atoms with Crippen LogP contribution in [0.1, 0.15) is 11.1 Å². The van der Waals surface area contributed by atoms with Crippen molar-refractivity contribution in [1.82, 2.24) is 9.55 Å². The fourth-order valence-electron chi connectivity index (χ4n) is 3.95. The van der Waals surface area contributed by atoms with E-state index < -0.39 is 0 Å². The summed E-state index contributed by atoms with van der Waals surface area (Å²) in [7, 11) is 1.58. The minimum atomic E-state index is -0.339. The molecular weight excluding hydrogens is 462 g/mol. The second-order valence-corrected chi connectivity index (χ2v) is 9.11. The van der Waals surface area contributed by atoms with Gasteiger partial charge in [0.1, 0.15) is 16.8 Å². The van der Waals surface area contributed by atoms with Crippen LogP contribution in [0.15, 0.2) is 81.1 Å². The zero-order valence-corrected chi connectivity index (χ0v) is 20.3. The Labute approximate surface area is 205 Å². The molecule has 7 nitrogen and oxygen atoms in total. The molecule has 0 atom stereocenters. The zero-order chi connectivity index (χ0) is 24.5. The average molecular weight is 486 g/mol. The number of furan rings is 1. The predicted octanol–water partition coefficient (Wildman–Crippen LogP) is 5.49. The standard InChI is InChI=1S/C27H23N3O4S/c1-16-8-13-21(17(2)14-16)28-23(31)15-35-27-29-24-20-6-4-5-7-22(20)34-25(24)26(32)30(27)18-9-11-19(33-3)12-10-18/h4-14H,15H2,1-3H3,(H,28,31). The van der Waals surface area contributed by atoms with Crippen LogP contribution in [0.3, 0.4) is 0 Å². The lowest BCUT2D eigenvalue weighted by Gasteiger charge is -2.13. The molecule has 5 rings (SSSR count). The maximum absolute atomic E-state index is 13.6. The number of anilines is 1. The number of aromatic nitrogens is 2. The van der Waals surface area contributed by atoms with E-state index in [0.717, 1.165) is 22.2 Å². The summed E-state index contributed by atoms with van der Waals surface area (Å²) in [5.41, 5.74) is 4.38. The smallest absolute Gasteiger partial charge is 0.302 e. The Morgan fingerprint density at radius 3 is 2.60 bits per heavy atom. The van der Waals surface area contributed by atoms with Crippen molar-refractivity contribution in [3.8, 4) is 11.4 Å². The van der Waals surface area contributed by atoms with Crippen molar-refractivity contribution in [3.05, 3.63) is 88.2 Å². The minimum Gasteiger partial charge on any atom is -0.497 e. The summed E-state index contributed by atoms with van der Waals surface area (Å²) in [4.78, 5) is 31.1. The molecule has 35 heavy (non-hydrogen) atoms. The molecular formula is C27H23N3O4S. The van der Waals surface area contributed by atoms with Crippen molar-refractivity contribution in [2.24, 2.45) is 0 Å². The molecule has 0 radical (unpaired) electrons. The van der Waals surface area contributed by atoms with Crippen LogP contribution in [0, 0.1) is 13.8 Å². The third-order valence-electron chi connectivity index (χ3n) is 5.68.